The first-order valence-electron chi connectivity index (χ1n) is 5.28. The number of rotatable bonds is 3. The lowest BCUT2D eigenvalue weighted by molar-refractivity contribution is 0.233. The molecule has 0 bridgehead atoms. The molecule has 1 aromatic heterocycles. The second-order valence-corrected chi connectivity index (χ2v) is 4.02. The monoisotopic (exact) mass is 253 g/mol. The zero-order valence-electron chi connectivity index (χ0n) is 9.33. The van der Waals surface area contributed by atoms with E-state index in [1.165, 1.54) is 6.07 Å². The van der Waals surface area contributed by atoms with Crippen molar-refractivity contribution in [3.8, 4) is 5.95 Å². The molecule has 0 saturated carbocycles. The lowest BCUT2D eigenvalue weighted by atomic mass is 10.1. The fourth-order valence-electron chi connectivity index (χ4n) is 1.50. The van der Waals surface area contributed by atoms with Crippen LogP contribution in [-0.2, 0) is 0 Å². The normalized spacial score (nSPS) is 10.7. The minimum atomic E-state index is -0.497. The van der Waals surface area contributed by atoms with Gasteiger partial charge in [-0.15, -0.1) is 0 Å². The highest BCUT2D eigenvalue weighted by atomic mass is 35.5. The van der Waals surface area contributed by atoms with Crippen LogP contribution in [0.4, 0.5) is 5.69 Å². The number of hydrogen-bond donors (Lipinski definition) is 1. The molecular formula is C12H12ClNO3. The number of benzene rings is 1. The average molecular weight is 254 g/mol. The fraction of sp³-hybridized carbons (Fsp3) is 0.250. The van der Waals surface area contributed by atoms with Crippen molar-refractivity contribution in [1.29, 1.82) is 0 Å². The molecule has 90 valence electrons. The molecule has 2 N–H and O–H groups in total. The van der Waals surface area contributed by atoms with Crippen LogP contribution in [0.1, 0.15) is 13.3 Å². The van der Waals surface area contributed by atoms with Gasteiger partial charge in [-0.1, -0.05) is 24.6 Å². The molecule has 0 radical (unpaired) electrons. The van der Waals surface area contributed by atoms with E-state index in [2.05, 4.69) is 0 Å². The third-order valence-corrected chi connectivity index (χ3v) is 2.66. The highest BCUT2D eigenvalue weighted by molar-refractivity contribution is 6.36. The Labute approximate surface area is 103 Å². The number of fused-ring (bicyclic) bond motifs is 1. The second-order valence-electron chi connectivity index (χ2n) is 3.64. The van der Waals surface area contributed by atoms with E-state index in [4.69, 9.17) is 26.5 Å². The van der Waals surface area contributed by atoms with Crippen molar-refractivity contribution < 1.29 is 9.15 Å². The van der Waals surface area contributed by atoms with Crippen LogP contribution in [0.2, 0.25) is 5.02 Å². The summed E-state index contributed by atoms with van der Waals surface area (Å²) in [7, 11) is 0. The highest BCUT2D eigenvalue weighted by Crippen LogP contribution is 2.31. The predicted molar refractivity (Wildman–Crippen MR) is 67.7 cm³/mol. The first-order valence-corrected chi connectivity index (χ1v) is 5.66. The number of hydrogen-bond acceptors (Lipinski definition) is 4. The van der Waals surface area contributed by atoms with Crippen molar-refractivity contribution in [3.05, 3.63) is 33.6 Å². The summed E-state index contributed by atoms with van der Waals surface area (Å²) in [5.41, 5.74) is 5.60. The van der Waals surface area contributed by atoms with Crippen LogP contribution in [0.5, 0.6) is 5.95 Å². The van der Waals surface area contributed by atoms with Crippen molar-refractivity contribution in [1.82, 2.24) is 0 Å². The first-order chi connectivity index (χ1) is 8.13. The largest absolute Gasteiger partial charge is 0.464 e. The zero-order chi connectivity index (χ0) is 12.4. The predicted octanol–water partition coefficient (Wildman–Crippen LogP) is 2.82. The van der Waals surface area contributed by atoms with E-state index in [0.717, 1.165) is 6.42 Å². The van der Waals surface area contributed by atoms with Crippen molar-refractivity contribution in [2.75, 3.05) is 12.3 Å². The van der Waals surface area contributed by atoms with Crippen molar-refractivity contribution >= 4 is 28.1 Å². The molecule has 0 saturated heterocycles. The van der Waals surface area contributed by atoms with Gasteiger partial charge in [-0.3, -0.25) is 0 Å². The summed E-state index contributed by atoms with van der Waals surface area (Å²) in [6.45, 7) is 2.40. The number of halogens is 1. The quantitative estimate of drug-likeness (QED) is 0.855. The summed E-state index contributed by atoms with van der Waals surface area (Å²) in [6, 6.07) is 4.90. The first kappa shape index (κ1) is 11.8. The van der Waals surface area contributed by atoms with Gasteiger partial charge in [0.25, 0.3) is 0 Å². The van der Waals surface area contributed by atoms with Crippen molar-refractivity contribution in [2.24, 2.45) is 0 Å². The number of ether oxygens (including phenoxy) is 1. The van der Waals surface area contributed by atoms with Crippen LogP contribution in [0.25, 0.3) is 10.8 Å². The van der Waals surface area contributed by atoms with Crippen LogP contribution in [0.3, 0.4) is 0 Å². The summed E-state index contributed by atoms with van der Waals surface area (Å²) in [5, 5.41) is 1.25. The van der Waals surface area contributed by atoms with E-state index in [9.17, 15) is 4.79 Å². The van der Waals surface area contributed by atoms with Crippen LogP contribution in [-0.4, -0.2) is 6.61 Å². The van der Waals surface area contributed by atoms with Crippen molar-refractivity contribution in [2.45, 2.75) is 13.3 Å². The molecule has 2 aromatic rings. The molecule has 0 atom stereocenters. The summed E-state index contributed by atoms with van der Waals surface area (Å²) in [4.78, 5) is 11.7. The van der Waals surface area contributed by atoms with E-state index < -0.39 is 5.63 Å². The van der Waals surface area contributed by atoms with Crippen LogP contribution < -0.4 is 16.1 Å². The van der Waals surface area contributed by atoms with E-state index in [1.807, 2.05) is 6.92 Å². The third kappa shape index (κ3) is 2.22. The molecule has 4 nitrogen and oxygen atoms in total. The van der Waals surface area contributed by atoms with Gasteiger partial charge in [-0.25, -0.2) is 4.79 Å². The van der Waals surface area contributed by atoms with E-state index in [1.54, 1.807) is 12.1 Å². The number of nitrogen functional groups attached to an aromatic ring is 1. The molecule has 0 aliphatic heterocycles. The smallest absolute Gasteiger partial charge is 0.346 e. The van der Waals surface area contributed by atoms with E-state index in [0.29, 0.717) is 28.1 Å². The topological polar surface area (TPSA) is 65.5 Å². The standard InChI is InChI=1S/C12H12ClNO3/c1-2-5-16-12-10(13)8-4-3-7(14)6-9(8)11(15)17-12/h3-4,6H,2,5,14H2,1H3. The Bertz CT molecular complexity index is 606. The Morgan fingerprint density at radius 1 is 1.41 bits per heavy atom. The summed E-state index contributed by atoms with van der Waals surface area (Å²) < 4.78 is 10.3. The number of nitrogens with two attached hydrogens (primary N) is 1. The molecule has 0 fully saturated rings. The Morgan fingerprint density at radius 2 is 2.18 bits per heavy atom. The maximum Gasteiger partial charge on any atom is 0.346 e. The van der Waals surface area contributed by atoms with Crippen molar-refractivity contribution in [3.63, 3.8) is 0 Å². The Kier molecular flexibility index (Phi) is 3.24. The molecule has 2 rings (SSSR count). The maximum atomic E-state index is 11.7. The lowest BCUT2D eigenvalue weighted by Crippen LogP contribution is -2.05. The Hall–Kier alpha value is -1.68. The molecule has 0 aliphatic carbocycles. The molecule has 17 heavy (non-hydrogen) atoms. The van der Waals surface area contributed by atoms with Gasteiger partial charge in [0, 0.05) is 11.1 Å². The zero-order valence-corrected chi connectivity index (χ0v) is 10.1. The van der Waals surface area contributed by atoms with Gasteiger partial charge < -0.3 is 14.9 Å². The maximum absolute atomic E-state index is 11.7. The van der Waals surface area contributed by atoms with Gasteiger partial charge in [0.2, 0.25) is 0 Å². The van der Waals surface area contributed by atoms with Gasteiger partial charge in [0.15, 0.2) is 0 Å². The summed E-state index contributed by atoms with van der Waals surface area (Å²) >= 11 is 6.10. The second kappa shape index (κ2) is 4.67. The molecule has 5 heteroatoms. The highest BCUT2D eigenvalue weighted by Gasteiger charge is 2.13. The summed E-state index contributed by atoms with van der Waals surface area (Å²) in [6.07, 6.45) is 0.805. The van der Waals surface area contributed by atoms with E-state index >= 15 is 0 Å². The average Bonchev–Trinajstić information content (AvgIpc) is 2.32. The Balaban J connectivity index is 2.64. The van der Waals surface area contributed by atoms with Gasteiger partial charge in [-0.05, 0) is 18.6 Å². The van der Waals surface area contributed by atoms with Gasteiger partial charge in [-0.2, -0.15) is 0 Å². The SMILES string of the molecule is CCCOc1oc(=O)c2cc(N)ccc2c1Cl. The van der Waals surface area contributed by atoms with Crippen LogP contribution in [0, 0.1) is 0 Å². The molecule has 0 spiro atoms. The minimum absolute atomic E-state index is 0.0655. The van der Waals surface area contributed by atoms with Crippen LogP contribution in [0.15, 0.2) is 27.4 Å². The molecule has 0 amide bonds. The lowest BCUT2D eigenvalue weighted by Gasteiger charge is -2.07. The fourth-order valence-corrected chi connectivity index (χ4v) is 1.76. The molecular weight excluding hydrogens is 242 g/mol. The van der Waals surface area contributed by atoms with E-state index in [-0.39, 0.29) is 5.95 Å². The molecule has 1 heterocycles. The number of anilines is 1. The molecule has 1 aromatic carbocycles. The van der Waals surface area contributed by atoms with Gasteiger partial charge in [0.1, 0.15) is 5.02 Å². The minimum Gasteiger partial charge on any atom is -0.464 e. The third-order valence-electron chi connectivity index (χ3n) is 2.30. The molecule has 0 unspecified atom stereocenters. The Morgan fingerprint density at radius 3 is 2.88 bits per heavy atom. The molecule has 0 aliphatic rings. The van der Waals surface area contributed by atoms with Crippen LogP contribution >= 0.6 is 11.6 Å². The van der Waals surface area contributed by atoms with Gasteiger partial charge >= 0.3 is 11.6 Å². The van der Waals surface area contributed by atoms with Gasteiger partial charge in [0.05, 0.1) is 12.0 Å². The summed E-state index contributed by atoms with van der Waals surface area (Å²) in [5.74, 6) is 0.0655.